The summed E-state index contributed by atoms with van der Waals surface area (Å²) in [4.78, 5) is 12.3. The highest BCUT2D eigenvalue weighted by Crippen LogP contribution is 2.39. The van der Waals surface area contributed by atoms with Gasteiger partial charge in [0.1, 0.15) is 0 Å². The van der Waals surface area contributed by atoms with Gasteiger partial charge in [-0.2, -0.15) is 0 Å². The normalized spacial score (nSPS) is 29.1. The minimum absolute atomic E-state index is 0.0937. The molecule has 2 aliphatic carbocycles. The van der Waals surface area contributed by atoms with Crippen LogP contribution in [0.15, 0.2) is 0 Å². The van der Waals surface area contributed by atoms with Crippen molar-refractivity contribution in [2.75, 3.05) is 6.54 Å². The van der Waals surface area contributed by atoms with Gasteiger partial charge in [0.15, 0.2) is 0 Å². The number of rotatable bonds is 4. The topological polar surface area (TPSA) is 55.1 Å². The van der Waals surface area contributed by atoms with Crippen LogP contribution in [0.1, 0.15) is 71.6 Å². The Labute approximate surface area is 117 Å². The highest BCUT2D eigenvalue weighted by Gasteiger charge is 2.35. The molecule has 0 aromatic heterocycles. The van der Waals surface area contributed by atoms with Crippen molar-refractivity contribution in [3.05, 3.63) is 0 Å². The van der Waals surface area contributed by atoms with Crippen LogP contribution in [0, 0.1) is 10.8 Å². The number of nitrogens with one attached hydrogen (secondary N) is 1. The van der Waals surface area contributed by atoms with Crippen molar-refractivity contribution in [3.8, 4) is 0 Å². The Bertz CT molecular complexity index is 319. The third-order valence-electron chi connectivity index (χ3n) is 5.22. The average Bonchev–Trinajstić information content (AvgIpc) is 2.69. The Kier molecular flexibility index (Phi) is 4.54. The number of hydrogen-bond acceptors (Lipinski definition) is 2. The summed E-state index contributed by atoms with van der Waals surface area (Å²) < 4.78 is 0. The first-order valence-electron chi connectivity index (χ1n) is 7.94. The fraction of sp³-hybridized carbons (Fsp3) is 0.938. The van der Waals surface area contributed by atoms with Crippen molar-refractivity contribution in [1.29, 1.82) is 0 Å². The third-order valence-corrected chi connectivity index (χ3v) is 5.22. The molecule has 2 rings (SSSR count). The molecule has 3 nitrogen and oxygen atoms in total. The standard InChI is InChI=1S/C16H30N2O/c1-15(2)9-6-13(10-15)18-14(19)11-16(12-17)7-4-3-5-8-16/h13H,3-12,17H2,1-2H3,(H,18,19). The van der Waals surface area contributed by atoms with Crippen molar-refractivity contribution in [3.63, 3.8) is 0 Å². The number of hydrogen-bond donors (Lipinski definition) is 2. The van der Waals surface area contributed by atoms with Crippen LogP contribution >= 0.6 is 0 Å². The molecule has 3 heteroatoms. The van der Waals surface area contributed by atoms with Crippen LogP contribution in [0.3, 0.4) is 0 Å². The number of carbonyl (C=O) groups is 1. The Balaban J connectivity index is 1.83. The molecule has 0 bridgehead atoms. The Morgan fingerprint density at radius 1 is 1.21 bits per heavy atom. The first kappa shape index (κ1) is 14.8. The lowest BCUT2D eigenvalue weighted by Crippen LogP contribution is -2.41. The molecule has 0 saturated heterocycles. The lowest BCUT2D eigenvalue weighted by Gasteiger charge is -2.36. The van der Waals surface area contributed by atoms with Crippen molar-refractivity contribution in [2.24, 2.45) is 16.6 Å². The highest BCUT2D eigenvalue weighted by atomic mass is 16.1. The molecule has 0 aromatic rings. The van der Waals surface area contributed by atoms with Gasteiger partial charge in [-0.3, -0.25) is 4.79 Å². The van der Waals surface area contributed by atoms with E-state index in [4.69, 9.17) is 5.73 Å². The fourth-order valence-electron chi connectivity index (χ4n) is 3.93. The van der Waals surface area contributed by atoms with Crippen LogP contribution in [0.25, 0.3) is 0 Å². The summed E-state index contributed by atoms with van der Waals surface area (Å²) in [5, 5.41) is 3.25. The minimum atomic E-state index is 0.0937. The van der Waals surface area contributed by atoms with Gasteiger partial charge in [0.25, 0.3) is 0 Å². The second-order valence-electron chi connectivity index (χ2n) is 7.61. The summed E-state index contributed by atoms with van der Waals surface area (Å²) in [5.74, 6) is 0.232. The van der Waals surface area contributed by atoms with Gasteiger partial charge in [-0.25, -0.2) is 0 Å². The molecule has 0 radical (unpaired) electrons. The van der Waals surface area contributed by atoms with E-state index in [1.807, 2.05) is 0 Å². The molecule has 110 valence electrons. The molecule has 1 atom stereocenters. The van der Waals surface area contributed by atoms with Gasteiger partial charge in [0.2, 0.25) is 5.91 Å². The third kappa shape index (κ3) is 3.95. The minimum Gasteiger partial charge on any atom is -0.353 e. The van der Waals surface area contributed by atoms with Gasteiger partial charge in [0, 0.05) is 12.5 Å². The van der Waals surface area contributed by atoms with E-state index in [-0.39, 0.29) is 11.3 Å². The molecule has 0 aromatic carbocycles. The van der Waals surface area contributed by atoms with E-state index < -0.39 is 0 Å². The summed E-state index contributed by atoms with van der Waals surface area (Å²) in [6.45, 7) is 5.25. The van der Waals surface area contributed by atoms with Gasteiger partial charge >= 0.3 is 0 Å². The molecular weight excluding hydrogens is 236 g/mol. The van der Waals surface area contributed by atoms with Gasteiger partial charge < -0.3 is 11.1 Å². The van der Waals surface area contributed by atoms with Gasteiger partial charge in [-0.05, 0) is 49.5 Å². The first-order chi connectivity index (χ1) is 8.95. The highest BCUT2D eigenvalue weighted by molar-refractivity contribution is 5.77. The first-order valence-corrected chi connectivity index (χ1v) is 7.94. The summed E-state index contributed by atoms with van der Waals surface area (Å²) in [5.41, 5.74) is 6.45. The molecule has 0 spiro atoms. The van der Waals surface area contributed by atoms with E-state index in [0.717, 1.165) is 25.7 Å². The lowest BCUT2D eigenvalue weighted by atomic mass is 9.71. The quantitative estimate of drug-likeness (QED) is 0.822. The number of carbonyl (C=O) groups excluding carboxylic acids is 1. The van der Waals surface area contributed by atoms with Gasteiger partial charge in [-0.15, -0.1) is 0 Å². The Morgan fingerprint density at radius 3 is 2.42 bits per heavy atom. The van der Waals surface area contributed by atoms with Crippen LogP contribution < -0.4 is 11.1 Å². The van der Waals surface area contributed by atoms with Crippen LogP contribution in [0.4, 0.5) is 0 Å². The Morgan fingerprint density at radius 2 is 1.89 bits per heavy atom. The maximum Gasteiger partial charge on any atom is 0.220 e. The van der Waals surface area contributed by atoms with Crippen LogP contribution in [0.2, 0.25) is 0 Å². The maximum atomic E-state index is 12.3. The number of amides is 1. The van der Waals surface area contributed by atoms with Crippen LogP contribution in [0.5, 0.6) is 0 Å². The van der Waals surface area contributed by atoms with E-state index in [9.17, 15) is 4.79 Å². The fourth-order valence-corrected chi connectivity index (χ4v) is 3.93. The lowest BCUT2D eigenvalue weighted by molar-refractivity contribution is -0.124. The molecule has 1 amide bonds. The predicted octanol–water partition coefficient (Wildman–Crippen LogP) is 2.98. The molecule has 0 heterocycles. The van der Waals surface area contributed by atoms with Crippen LogP contribution in [-0.2, 0) is 4.79 Å². The van der Waals surface area contributed by atoms with Crippen molar-refractivity contribution < 1.29 is 4.79 Å². The van der Waals surface area contributed by atoms with E-state index in [0.29, 0.717) is 24.4 Å². The Hall–Kier alpha value is -0.570. The molecule has 2 fully saturated rings. The van der Waals surface area contributed by atoms with E-state index in [1.54, 1.807) is 0 Å². The van der Waals surface area contributed by atoms with Crippen molar-refractivity contribution in [2.45, 2.75) is 77.7 Å². The van der Waals surface area contributed by atoms with E-state index >= 15 is 0 Å². The molecule has 2 saturated carbocycles. The average molecular weight is 266 g/mol. The largest absolute Gasteiger partial charge is 0.353 e. The monoisotopic (exact) mass is 266 g/mol. The predicted molar refractivity (Wildman–Crippen MR) is 78.8 cm³/mol. The van der Waals surface area contributed by atoms with Gasteiger partial charge in [0.05, 0.1) is 0 Å². The smallest absolute Gasteiger partial charge is 0.220 e. The molecule has 2 aliphatic rings. The molecule has 1 unspecified atom stereocenters. The van der Waals surface area contributed by atoms with Crippen molar-refractivity contribution >= 4 is 5.91 Å². The zero-order valence-corrected chi connectivity index (χ0v) is 12.6. The summed E-state index contributed by atoms with van der Waals surface area (Å²) in [6, 6.07) is 0.390. The summed E-state index contributed by atoms with van der Waals surface area (Å²) in [7, 11) is 0. The molecule has 0 aliphatic heterocycles. The number of nitrogens with two attached hydrogens (primary N) is 1. The second kappa shape index (κ2) is 5.82. The van der Waals surface area contributed by atoms with E-state index in [2.05, 4.69) is 19.2 Å². The SMILES string of the molecule is CC1(C)CCC(NC(=O)CC2(CN)CCCCC2)C1. The summed E-state index contributed by atoms with van der Waals surface area (Å²) in [6.07, 6.45) is 10.2. The zero-order valence-electron chi connectivity index (χ0n) is 12.6. The molecular formula is C16H30N2O. The van der Waals surface area contributed by atoms with Crippen LogP contribution in [-0.4, -0.2) is 18.5 Å². The van der Waals surface area contributed by atoms with Gasteiger partial charge in [-0.1, -0.05) is 33.1 Å². The molecule has 3 N–H and O–H groups in total. The van der Waals surface area contributed by atoms with Crippen molar-refractivity contribution in [1.82, 2.24) is 5.32 Å². The summed E-state index contributed by atoms with van der Waals surface area (Å²) >= 11 is 0. The molecule has 19 heavy (non-hydrogen) atoms. The maximum absolute atomic E-state index is 12.3. The second-order valence-corrected chi connectivity index (χ2v) is 7.61. The van der Waals surface area contributed by atoms with E-state index in [1.165, 1.54) is 25.7 Å². The zero-order chi connectivity index (χ0) is 13.9.